The Balaban J connectivity index is 2.02. The highest BCUT2D eigenvalue weighted by Crippen LogP contribution is 2.33. The molecule has 0 saturated carbocycles. The van der Waals surface area contributed by atoms with Crippen molar-refractivity contribution in [2.45, 2.75) is 20.0 Å². The van der Waals surface area contributed by atoms with E-state index in [4.69, 9.17) is 9.47 Å². The molecule has 6 nitrogen and oxygen atoms in total. The molecule has 0 saturated heterocycles. The van der Waals surface area contributed by atoms with E-state index in [9.17, 15) is 0 Å². The van der Waals surface area contributed by atoms with E-state index in [1.54, 1.807) is 14.2 Å². The van der Waals surface area contributed by atoms with Crippen LogP contribution in [0, 0.1) is 0 Å². The molecule has 0 fully saturated rings. The smallest absolute Gasteiger partial charge is 0.191 e. The molecule has 0 aliphatic carbocycles. The Hall–Kier alpha value is -2.15. The Morgan fingerprint density at radius 2 is 1.80 bits per heavy atom. The van der Waals surface area contributed by atoms with Crippen LogP contribution in [0.4, 0.5) is 0 Å². The second-order valence-corrected chi connectivity index (χ2v) is 6.20. The first-order chi connectivity index (χ1) is 12.2. The minimum Gasteiger partial charge on any atom is -0.493 e. The van der Waals surface area contributed by atoms with E-state index < -0.39 is 0 Å². The fraction of sp³-hybridized carbons (Fsp3) is 0.389. The molecular weight excluding hydrogens is 384 g/mol. The molecule has 0 unspecified atom stereocenters. The summed E-state index contributed by atoms with van der Waals surface area (Å²) in [6.07, 6.45) is 4.10. The van der Waals surface area contributed by atoms with Crippen molar-refractivity contribution >= 4 is 21.9 Å². The topological polar surface area (TPSA) is 59.8 Å². The molecule has 0 radical (unpaired) electrons. The van der Waals surface area contributed by atoms with Gasteiger partial charge in [-0.1, -0.05) is 15.9 Å². The van der Waals surface area contributed by atoms with Gasteiger partial charge in [0.15, 0.2) is 17.5 Å². The number of guanidine groups is 1. The molecule has 0 atom stereocenters. The fourth-order valence-corrected chi connectivity index (χ4v) is 2.79. The first kappa shape index (κ1) is 19.2. The SMILES string of the molecule is CCNC(=NCc1cc(OC)c(OC)cc1Br)NCCn1cccc1. The van der Waals surface area contributed by atoms with Gasteiger partial charge in [0.05, 0.1) is 20.8 Å². The maximum atomic E-state index is 5.36. The summed E-state index contributed by atoms with van der Waals surface area (Å²) in [4.78, 5) is 4.65. The number of ether oxygens (including phenoxy) is 2. The number of hydrogen-bond acceptors (Lipinski definition) is 3. The maximum Gasteiger partial charge on any atom is 0.191 e. The average Bonchev–Trinajstić information content (AvgIpc) is 3.13. The van der Waals surface area contributed by atoms with Gasteiger partial charge in [0, 0.05) is 36.5 Å². The summed E-state index contributed by atoms with van der Waals surface area (Å²) in [7, 11) is 3.26. The van der Waals surface area contributed by atoms with Crippen molar-refractivity contribution in [2.75, 3.05) is 27.3 Å². The van der Waals surface area contributed by atoms with Gasteiger partial charge in [-0.05, 0) is 36.8 Å². The highest BCUT2D eigenvalue weighted by Gasteiger charge is 2.09. The zero-order chi connectivity index (χ0) is 18.1. The number of nitrogens with one attached hydrogen (secondary N) is 2. The summed E-state index contributed by atoms with van der Waals surface area (Å²) in [6, 6.07) is 7.88. The Bertz CT molecular complexity index is 687. The lowest BCUT2D eigenvalue weighted by Crippen LogP contribution is -2.38. The van der Waals surface area contributed by atoms with Gasteiger partial charge < -0.3 is 24.7 Å². The number of aromatic nitrogens is 1. The van der Waals surface area contributed by atoms with E-state index >= 15 is 0 Å². The van der Waals surface area contributed by atoms with Crippen molar-refractivity contribution in [1.82, 2.24) is 15.2 Å². The summed E-state index contributed by atoms with van der Waals surface area (Å²) in [5, 5.41) is 6.61. The molecule has 2 N–H and O–H groups in total. The van der Waals surface area contributed by atoms with E-state index in [0.29, 0.717) is 18.0 Å². The summed E-state index contributed by atoms with van der Waals surface area (Å²) in [5.41, 5.74) is 1.03. The number of nitrogens with zero attached hydrogens (tertiary/aromatic N) is 2. The first-order valence-corrected chi connectivity index (χ1v) is 9.00. The standard InChI is InChI=1S/C18H25BrN4O2/c1-4-20-18(21-7-10-23-8-5-6-9-23)22-13-14-11-16(24-2)17(25-3)12-15(14)19/h5-6,8-9,11-12H,4,7,10,13H2,1-3H3,(H2,20,21,22). The lowest BCUT2D eigenvalue weighted by atomic mass is 10.2. The molecule has 136 valence electrons. The molecule has 1 heterocycles. The molecular formula is C18H25BrN4O2. The summed E-state index contributed by atoms with van der Waals surface area (Å²) in [5.74, 6) is 2.18. The summed E-state index contributed by atoms with van der Waals surface area (Å²) >= 11 is 3.57. The third-order valence-electron chi connectivity index (χ3n) is 3.63. The van der Waals surface area contributed by atoms with E-state index in [0.717, 1.165) is 35.6 Å². The van der Waals surface area contributed by atoms with Crippen LogP contribution in [0.2, 0.25) is 0 Å². The average molecular weight is 409 g/mol. The summed E-state index contributed by atoms with van der Waals surface area (Å²) in [6.45, 7) is 5.07. The van der Waals surface area contributed by atoms with Crippen LogP contribution in [0.1, 0.15) is 12.5 Å². The highest BCUT2D eigenvalue weighted by atomic mass is 79.9. The molecule has 0 bridgehead atoms. The van der Waals surface area contributed by atoms with Gasteiger partial charge in [-0.2, -0.15) is 0 Å². The number of hydrogen-bond donors (Lipinski definition) is 2. The third-order valence-corrected chi connectivity index (χ3v) is 4.37. The van der Waals surface area contributed by atoms with E-state index in [1.807, 2.05) is 36.7 Å². The largest absolute Gasteiger partial charge is 0.493 e. The van der Waals surface area contributed by atoms with E-state index in [1.165, 1.54) is 0 Å². The molecule has 0 aliphatic rings. The second kappa shape index (κ2) is 9.98. The van der Waals surface area contributed by atoms with Crippen LogP contribution in [0.25, 0.3) is 0 Å². The molecule has 7 heteroatoms. The van der Waals surface area contributed by atoms with E-state index in [-0.39, 0.29) is 0 Å². The lowest BCUT2D eigenvalue weighted by molar-refractivity contribution is 0.354. The van der Waals surface area contributed by atoms with Crippen LogP contribution in [0.3, 0.4) is 0 Å². The molecule has 25 heavy (non-hydrogen) atoms. The molecule has 0 spiro atoms. The quantitative estimate of drug-likeness (QED) is 0.520. The third kappa shape index (κ3) is 5.70. The molecule has 0 amide bonds. The first-order valence-electron chi connectivity index (χ1n) is 8.21. The van der Waals surface area contributed by atoms with Crippen molar-refractivity contribution in [2.24, 2.45) is 4.99 Å². The van der Waals surface area contributed by atoms with Crippen LogP contribution in [-0.4, -0.2) is 37.8 Å². The van der Waals surface area contributed by atoms with Crippen molar-refractivity contribution in [1.29, 1.82) is 0 Å². The van der Waals surface area contributed by atoms with Gasteiger partial charge in [0.2, 0.25) is 0 Å². The minimum atomic E-state index is 0.528. The monoisotopic (exact) mass is 408 g/mol. The lowest BCUT2D eigenvalue weighted by Gasteiger charge is -2.13. The Kier molecular flexibility index (Phi) is 7.66. The minimum absolute atomic E-state index is 0.528. The maximum absolute atomic E-state index is 5.36. The van der Waals surface area contributed by atoms with Gasteiger partial charge in [0.1, 0.15) is 0 Å². The normalized spacial score (nSPS) is 11.3. The van der Waals surface area contributed by atoms with Gasteiger partial charge in [0.25, 0.3) is 0 Å². The number of aliphatic imine (C=N–C) groups is 1. The van der Waals surface area contributed by atoms with Gasteiger partial charge in [-0.25, -0.2) is 4.99 Å². The fourth-order valence-electron chi connectivity index (χ4n) is 2.35. The van der Waals surface area contributed by atoms with E-state index in [2.05, 4.69) is 43.0 Å². The number of methoxy groups -OCH3 is 2. The summed E-state index contributed by atoms with van der Waals surface area (Å²) < 4.78 is 13.7. The number of rotatable bonds is 8. The predicted octanol–water partition coefficient (Wildman–Crippen LogP) is 3.02. The van der Waals surface area contributed by atoms with Crippen molar-refractivity contribution < 1.29 is 9.47 Å². The zero-order valence-electron chi connectivity index (χ0n) is 14.9. The molecule has 0 aliphatic heterocycles. The Morgan fingerprint density at radius 3 is 2.44 bits per heavy atom. The highest BCUT2D eigenvalue weighted by molar-refractivity contribution is 9.10. The molecule has 1 aromatic heterocycles. The van der Waals surface area contributed by atoms with Crippen LogP contribution in [0.5, 0.6) is 11.5 Å². The van der Waals surface area contributed by atoms with Crippen LogP contribution in [0.15, 0.2) is 46.1 Å². The van der Waals surface area contributed by atoms with Gasteiger partial charge >= 0.3 is 0 Å². The van der Waals surface area contributed by atoms with Gasteiger partial charge in [-0.15, -0.1) is 0 Å². The van der Waals surface area contributed by atoms with Crippen LogP contribution < -0.4 is 20.1 Å². The Labute approximate surface area is 157 Å². The number of halogens is 1. The number of benzene rings is 1. The molecule has 1 aromatic carbocycles. The van der Waals surface area contributed by atoms with Crippen molar-refractivity contribution in [3.63, 3.8) is 0 Å². The van der Waals surface area contributed by atoms with Gasteiger partial charge in [-0.3, -0.25) is 0 Å². The predicted molar refractivity (Wildman–Crippen MR) is 104 cm³/mol. The second-order valence-electron chi connectivity index (χ2n) is 5.34. The molecule has 2 rings (SSSR count). The molecule has 2 aromatic rings. The van der Waals surface area contributed by atoms with Crippen LogP contribution in [-0.2, 0) is 13.1 Å². The van der Waals surface area contributed by atoms with Crippen LogP contribution >= 0.6 is 15.9 Å². The van der Waals surface area contributed by atoms with Crippen molar-refractivity contribution in [3.8, 4) is 11.5 Å². The van der Waals surface area contributed by atoms with Crippen molar-refractivity contribution in [3.05, 3.63) is 46.7 Å². The zero-order valence-corrected chi connectivity index (χ0v) is 16.5. The Morgan fingerprint density at radius 1 is 1.12 bits per heavy atom.